The van der Waals surface area contributed by atoms with Gasteiger partial charge in [0, 0.05) is 93.7 Å². The van der Waals surface area contributed by atoms with Gasteiger partial charge in [-0.2, -0.15) is 0 Å². The molecule has 0 bridgehead atoms. The summed E-state index contributed by atoms with van der Waals surface area (Å²) >= 11 is 5.46. The lowest BCUT2D eigenvalue weighted by Crippen LogP contribution is -2.02. The van der Waals surface area contributed by atoms with Gasteiger partial charge in [-0.15, -0.1) is 34.0 Å². The Morgan fingerprint density at radius 2 is 0.797 bits per heavy atom. The Morgan fingerprint density at radius 1 is 0.270 bits per heavy atom. The molecule has 0 radical (unpaired) electrons. The highest BCUT2D eigenvalue weighted by molar-refractivity contribution is 7.26. The highest BCUT2D eigenvalue weighted by Gasteiger charge is 2.24. The molecule has 0 aliphatic rings. The Labute approximate surface area is 436 Å². The maximum Gasteiger partial charge on any atom is 0.164 e. The molecule has 7 heteroatoms. The molecule has 16 rings (SSSR count). The van der Waals surface area contributed by atoms with E-state index >= 15 is 0 Å². The van der Waals surface area contributed by atoms with Gasteiger partial charge in [0.15, 0.2) is 17.5 Å². The van der Waals surface area contributed by atoms with Crippen LogP contribution in [0.4, 0.5) is 0 Å². The molecule has 0 saturated carbocycles. The highest BCUT2D eigenvalue weighted by atomic mass is 32.1. The van der Waals surface area contributed by atoms with Crippen LogP contribution in [0, 0.1) is 0 Å². The van der Waals surface area contributed by atoms with Crippen LogP contribution in [0.5, 0.6) is 0 Å². The van der Waals surface area contributed by atoms with Crippen molar-refractivity contribution in [2.75, 3.05) is 0 Å². The normalized spacial score (nSPS) is 12.1. The molecule has 0 aliphatic heterocycles. The van der Waals surface area contributed by atoms with Crippen LogP contribution in [0.15, 0.2) is 231 Å². The second kappa shape index (κ2) is 16.3. The Hall–Kier alpha value is -8.85. The van der Waals surface area contributed by atoms with Crippen LogP contribution < -0.4 is 0 Å². The first-order chi connectivity index (χ1) is 36.7. The zero-order valence-corrected chi connectivity index (χ0v) is 41.9. The van der Waals surface area contributed by atoms with E-state index in [2.05, 4.69) is 235 Å². The lowest BCUT2D eigenvalue weighted by molar-refractivity contribution is 1.08. The fraction of sp³-hybridized carbons (Fsp3) is 0. The van der Waals surface area contributed by atoms with E-state index < -0.39 is 0 Å². The summed E-state index contributed by atoms with van der Waals surface area (Å²) in [6.45, 7) is 0. The van der Waals surface area contributed by atoms with Crippen LogP contribution in [0.3, 0.4) is 0 Å². The van der Waals surface area contributed by atoms with Crippen molar-refractivity contribution in [1.82, 2.24) is 19.5 Å². The number of nitrogens with zero attached hydrogens (tertiary/aromatic N) is 4. The molecule has 0 atom stereocenters. The van der Waals surface area contributed by atoms with E-state index in [-0.39, 0.29) is 0 Å². The standard InChI is InChI=1S/C67H38N4S3/c1-2-15-39(16-3-1)44-22-12-25-54-62(44)53-35-40-17-4-5-18-41(40)36-55(53)71(54)43-32-34-47(52(38-43)42-31-33-46-45-19-6-9-26-56(45)74-61(46)37-42)65-68-66(50-23-13-29-59-63(50)48-20-7-10-27-57(48)72-59)70-67(69-65)51-24-14-30-60-64(51)49-21-8-11-28-58(49)73-60/h1-38H. The predicted molar refractivity (Wildman–Crippen MR) is 318 cm³/mol. The van der Waals surface area contributed by atoms with Crippen molar-refractivity contribution in [2.45, 2.75) is 0 Å². The number of benzene rings is 11. The molecule has 16 aromatic rings. The first-order valence-electron chi connectivity index (χ1n) is 24.8. The Morgan fingerprint density at radius 3 is 1.49 bits per heavy atom. The zero-order valence-electron chi connectivity index (χ0n) is 39.5. The predicted octanol–water partition coefficient (Wildman–Crippen LogP) is 19.6. The van der Waals surface area contributed by atoms with Gasteiger partial charge in [0.25, 0.3) is 0 Å². The zero-order chi connectivity index (χ0) is 48.4. The Kier molecular flexibility index (Phi) is 9.21. The van der Waals surface area contributed by atoms with Crippen molar-refractivity contribution in [3.8, 4) is 62.1 Å². The third-order valence-corrected chi connectivity index (χ3v) is 18.3. The van der Waals surface area contributed by atoms with Crippen molar-refractivity contribution >= 4 is 127 Å². The second-order valence-corrected chi connectivity index (χ2v) is 22.3. The summed E-state index contributed by atoms with van der Waals surface area (Å²) in [4.78, 5) is 16.7. The maximum atomic E-state index is 5.60. The SMILES string of the molecule is c1ccc(-c2cccc3c2c2cc4ccccc4cc2n3-c2ccc(-c3nc(-c4cccc5sc6ccccc6c45)nc(-c4cccc5sc6ccccc6c45)n3)c(-c3ccc4c(c3)sc3ccccc34)c2)cc1. The van der Waals surface area contributed by atoms with Gasteiger partial charge >= 0.3 is 0 Å². The van der Waals surface area contributed by atoms with Crippen LogP contribution in [-0.2, 0) is 0 Å². The first-order valence-corrected chi connectivity index (χ1v) is 27.3. The summed E-state index contributed by atoms with van der Waals surface area (Å²) < 4.78 is 9.86. The highest BCUT2D eigenvalue weighted by Crippen LogP contribution is 2.46. The first kappa shape index (κ1) is 41.7. The summed E-state index contributed by atoms with van der Waals surface area (Å²) in [5, 5.41) is 12.1. The van der Waals surface area contributed by atoms with Gasteiger partial charge in [-0.3, -0.25) is 0 Å². The number of hydrogen-bond donors (Lipinski definition) is 0. The topological polar surface area (TPSA) is 43.6 Å². The van der Waals surface area contributed by atoms with E-state index in [1.807, 2.05) is 34.0 Å². The summed E-state index contributed by atoms with van der Waals surface area (Å²) in [7, 11) is 0. The minimum Gasteiger partial charge on any atom is -0.309 e. The number of aromatic nitrogens is 4. The van der Waals surface area contributed by atoms with Crippen LogP contribution in [0.25, 0.3) is 155 Å². The minimum atomic E-state index is 0.621. The van der Waals surface area contributed by atoms with Gasteiger partial charge in [0.2, 0.25) is 0 Å². The molecular formula is C67H38N4S3. The molecule has 0 N–H and O–H groups in total. The van der Waals surface area contributed by atoms with E-state index in [0.717, 1.165) is 55.3 Å². The van der Waals surface area contributed by atoms with Crippen molar-refractivity contribution in [2.24, 2.45) is 0 Å². The summed E-state index contributed by atoms with van der Waals surface area (Å²) in [5.41, 5.74) is 10.8. The van der Waals surface area contributed by atoms with Gasteiger partial charge in [0.1, 0.15) is 0 Å². The van der Waals surface area contributed by atoms with Crippen molar-refractivity contribution in [3.05, 3.63) is 231 Å². The van der Waals surface area contributed by atoms with E-state index in [4.69, 9.17) is 15.0 Å². The van der Waals surface area contributed by atoms with Gasteiger partial charge < -0.3 is 4.57 Å². The molecule has 344 valence electrons. The fourth-order valence-electron chi connectivity index (χ4n) is 11.5. The average Bonchev–Trinajstić information content (AvgIpc) is 4.23. The number of hydrogen-bond acceptors (Lipinski definition) is 6. The summed E-state index contributed by atoms with van der Waals surface area (Å²) in [6.07, 6.45) is 0. The summed E-state index contributed by atoms with van der Waals surface area (Å²) in [5.74, 6) is 1.91. The van der Waals surface area contributed by atoms with Crippen LogP contribution in [-0.4, -0.2) is 19.5 Å². The molecule has 0 amide bonds. The quantitative estimate of drug-likeness (QED) is 0.167. The molecule has 5 aromatic heterocycles. The minimum absolute atomic E-state index is 0.621. The van der Waals surface area contributed by atoms with Gasteiger partial charge in [-0.05, 0) is 106 Å². The molecule has 0 fully saturated rings. The van der Waals surface area contributed by atoms with Crippen LogP contribution in [0.1, 0.15) is 0 Å². The van der Waals surface area contributed by atoms with E-state index in [1.165, 1.54) is 82.4 Å². The number of rotatable bonds is 6. The Balaban J connectivity index is 1.00. The second-order valence-electron chi connectivity index (χ2n) is 19.0. The van der Waals surface area contributed by atoms with Crippen molar-refractivity contribution in [3.63, 3.8) is 0 Å². The van der Waals surface area contributed by atoms with E-state index in [9.17, 15) is 0 Å². The molecule has 0 spiro atoms. The smallest absolute Gasteiger partial charge is 0.164 e. The van der Waals surface area contributed by atoms with Gasteiger partial charge in [-0.25, -0.2) is 15.0 Å². The molecule has 4 nitrogen and oxygen atoms in total. The number of thiophene rings is 3. The molecule has 0 aliphatic carbocycles. The largest absolute Gasteiger partial charge is 0.309 e. The molecule has 0 unspecified atom stereocenters. The molecule has 0 saturated heterocycles. The van der Waals surface area contributed by atoms with E-state index in [1.54, 1.807) is 0 Å². The van der Waals surface area contributed by atoms with Gasteiger partial charge in [-0.1, -0.05) is 158 Å². The number of fused-ring (bicyclic) bond motifs is 13. The monoisotopic (exact) mass is 994 g/mol. The van der Waals surface area contributed by atoms with Crippen molar-refractivity contribution < 1.29 is 0 Å². The molecule has 5 heterocycles. The summed E-state index contributed by atoms with van der Waals surface area (Å²) in [6, 6.07) is 84.0. The van der Waals surface area contributed by atoms with E-state index in [0.29, 0.717) is 17.5 Å². The van der Waals surface area contributed by atoms with Crippen LogP contribution >= 0.6 is 34.0 Å². The third-order valence-electron chi connectivity index (χ3n) is 14.9. The molecule has 11 aromatic carbocycles. The molecular weight excluding hydrogens is 957 g/mol. The molecule has 74 heavy (non-hydrogen) atoms. The lowest BCUT2D eigenvalue weighted by Gasteiger charge is -2.16. The maximum absolute atomic E-state index is 5.60. The van der Waals surface area contributed by atoms with Crippen molar-refractivity contribution in [1.29, 1.82) is 0 Å². The fourth-order valence-corrected chi connectivity index (χ4v) is 15.0. The van der Waals surface area contributed by atoms with Crippen LogP contribution in [0.2, 0.25) is 0 Å². The lowest BCUT2D eigenvalue weighted by atomic mass is 9.96. The third kappa shape index (κ3) is 6.40. The van der Waals surface area contributed by atoms with Gasteiger partial charge in [0.05, 0.1) is 11.0 Å². The Bertz CT molecular complexity index is 4850. The average molecular weight is 995 g/mol.